The van der Waals surface area contributed by atoms with Gasteiger partial charge in [0.15, 0.2) is 15.6 Å². The van der Waals surface area contributed by atoms with Crippen LogP contribution in [0.25, 0.3) is 0 Å². The fourth-order valence-corrected chi connectivity index (χ4v) is 2.65. The first kappa shape index (κ1) is 8.37. The SMILES string of the molecule is O=C1CS(=O)(=O)Cc2ncccc21. The van der Waals surface area contributed by atoms with Crippen molar-refractivity contribution in [1.29, 1.82) is 0 Å². The van der Waals surface area contributed by atoms with Crippen LogP contribution in [-0.4, -0.2) is 24.9 Å². The minimum absolute atomic E-state index is 0.116. The Morgan fingerprint density at radius 2 is 2.08 bits per heavy atom. The van der Waals surface area contributed by atoms with E-state index in [4.69, 9.17) is 0 Å². The van der Waals surface area contributed by atoms with Gasteiger partial charge in [0.05, 0.1) is 11.4 Å². The van der Waals surface area contributed by atoms with E-state index in [9.17, 15) is 13.2 Å². The number of nitrogens with zero attached hydrogens (tertiary/aromatic N) is 1. The summed E-state index contributed by atoms with van der Waals surface area (Å²) in [4.78, 5) is 15.1. The predicted molar refractivity (Wildman–Crippen MR) is 46.1 cm³/mol. The number of aromatic nitrogens is 1. The zero-order valence-corrected chi connectivity index (χ0v) is 7.54. The van der Waals surface area contributed by atoms with Crippen molar-refractivity contribution in [2.45, 2.75) is 5.75 Å². The van der Waals surface area contributed by atoms with Crippen LogP contribution in [0.5, 0.6) is 0 Å². The van der Waals surface area contributed by atoms with Crippen LogP contribution in [0.3, 0.4) is 0 Å². The predicted octanol–water partition coefficient (Wildman–Crippen LogP) is 0.193. The lowest BCUT2D eigenvalue weighted by molar-refractivity contribution is 0.101. The number of hydrogen-bond donors (Lipinski definition) is 0. The Labute approximate surface area is 75.5 Å². The summed E-state index contributed by atoms with van der Waals surface area (Å²) in [6.45, 7) is 0. The van der Waals surface area contributed by atoms with E-state index in [1.54, 1.807) is 12.1 Å². The Balaban J connectivity index is 2.61. The number of pyridine rings is 1. The van der Waals surface area contributed by atoms with E-state index in [1.807, 2.05) is 0 Å². The first-order valence-corrected chi connectivity index (χ1v) is 5.58. The molecule has 0 amide bonds. The van der Waals surface area contributed by atoms with Gasteiger partial charge in [-0.25, -0.2) is 8.42 Å². The number of hydrogen-bond acceptors (Lipinski definition) is 4. The molecule has 0 fully saturated rings. The van der Waals surface area contributed by atoms with Crippen molar-refractivity contribution in [2.75, 3.05) is 5.75 Å². The maximum Gasteiger partial charge on any atom is 0.179 e. The minimum atomic E-state index is -3.26. The monoisotopic (exact) mass is 197 g/mol. The third kappa shape index (κ3) is 1.47. The lowest BCUT2D eigenvalue weighted by Crippen LogP contribution is -2.26. The molecule has 1 aliphatic rings. The number of ketones is 1. The van der Waals surface area contributed by atoms with Gasteiger partial charge in [-0.05, 0) is 12.1 Å². The molecule has 0 atom stereocenters. The molecule has 0 aliphatic carbocycles. The molecule has 2 heterocycles. The Bertz CT molecular complexity index is 464. The highest BCUT2D eigenvalue weighted by molar-refractivity contribution is 7.91. The fourth-order valence-electron chi connectivity index (χ4n) is 1.34. The number of Topliss-reactive ketones (excluding diaryl/α,β-unsaturated/α-hetero) is 1. The van der Waals surface area contributed by atoms with Crippen LogP contribution in [0.1, 0.15) is 16.1 Å². The van der Waals surface area contributed by atoms with Crippen molar-refractivity contribution >= 4 is 15.6 Å². The van der Waals surface area contributed by atoms with Gasteiger partial charge in [-0.3, -0.25) is 9.78 Å². The number of fused-ring (bicyclic) bond motifs is 1. The molecular formula is C8H7NO3S. The van der Waals surface area contributed by atoms with Crippen LogP contribution in [0.15, 0.2) is 18.3 Å². The summed E-state index contributed by atoms with van der Waals surface area (Å²) in [5, 5.41) is 0. The van der Waals surface area contributed by atoms with E-state index < -0.39 is 9.84 Å². The van der Waals surface area contributed by atoms with Crippen LogP contribution in [-0.2, 0) is 15.6 Å². The summed E-state index contributed by atoms with van der Waals surface area (Å²) < 4.78 is 22.3. The Morgan fingerprint density at radius 3 is 2.85 bits per heavy atom. The molecule has 2 rings (SSSR count). The molecule has 4 nitrogen and oxygen atoms in total. The van der Waals surface area contributed by atoms with Crippen LogP contribution in [0.4, 0.5) is 0 Å². The van der Waals surface area contributed by atoms with Crippen molar-refractivity contribution in [1.82, 2.24) is 4.98 Å². The first-order valence-electron chi connectivity index (χ1n) is 3.76. The highest BCUT2D eigenvalue weighted by Gasteiger charge is 2.28. The summed E-state index contributed by atoms with van der Waals surface area (Å²) in [5.74, 6) is -0.852. The summed E-state index contributed by atoms with van der Waals surface area (Å²) in [6.07, 6.45) is 1.49. The molecule has 1 aliphatic heterocycles. The molecule has 0 N–H and O–H groups in total. The Morgan fingerprint density at radius 1 is 1.31 bits per heavy atom. The van der Waals surface area contributed by atoms with Crippen LogP contribution >= 0.6 is 0 Å². The summed E-state index contributed by atoms with van der Waals surface area (Å²) in [5.41, 5.74) is 0.816. The van der Waals surface area contributed by atoms with Crippen molar-refractivity contribution in [3.8, 4) is 0 Å². The molecule has 0 unspecified atom stereocenters. The van der Waals surface area contributed by atoms with E-state index in [-0.39, 0.29) is 17.3 Å². The maximum atomic E-state index is 11.3. The highest BCUT2D eigenvalue weighted by Crippen LogP contribution is 2.17. The molecule has 0 aromatic carbocycles. The Kier molecular flexibility index (Phi) is 1.69. The fraction of sp³-hybridized carbons (Fsp3) is 0.250. The Hall–Kier alpha value is -1.23. The average Bonchev–Trinajstić information content (AvgIpc) is 2.02. The number of carbonyl (C=O) groups excluding carboxylic acids is 1. The van der Waals surface area contributed by atoms with Crippen molar-refractivity contribution in [3.63, 3.8) is 0 Å². The average molecular weight is 197 g/mol. The molecule has 0 spiro atoms. The van der Waals surface area contributed by atoms with E-state index in [2.05, 4.69) is 4.98 Å². The maximum absolute atomic E-state index is 11.3. The quantitative estimate of drug-likeness (QED) is 0.595. The van der Waals surface area contributed by atoms with Crippen molar-refractivity contribution in [3.05, 3.63) is 29.6 Å². The zero-order chi connectivity index (χ0) is 9.47. The molecule has 0 saturated carbocycles. The highest BCUT2D eigenvalue weighted by atomic mass is 32.2. The topological polar surface area (TPSA) is 64.1 Å². The summed E-state index contributed by atoms with van der Waals surface area (Å²) in [7, 11) is -3.26. The van der Waals surface area contributed by atoms with Gasteiger partial charge in [0.2, 0.25) is 0 Å². The second-order valence-corrected chi connectivity index (χ2v) is 5.02. The molecular weight excluding hydrogens is 190 g/mol. The van der Waals surface area contributed by atoms with Gasteiger partial charge < -0.3 is 0 Å². The summed E-state index contributed by atoms with van der Waals surface area (Å²) >= 11 is 0. The van der Waals surface area contributed by atoms with Crippen molar-refractivity contribution in [2.24, 2.45) is 0 Å². The number of rotatable bonds is 0. The van der Waals surface area contributed by atoms with Gasteiger partial charge in [-0.1, -0.05) is 0 Å². The van der Waals surface area contributed by atoms with Gasteiger partial charge in [0, 0.05) is 11.8 Å². The second-order valence-electron chi connectivity index (χ2n) is 2.95. The normalized spacial score (nSPS) is 19.5. The van der Waals surface area contributed by atoms with Crippen LogP contribution < -0.4 is 0 Å². The zero-order valence-electron chi connectivity index (χ0n) is 6.73. The standard InChI is InChI=1S/C8H7NO3S/c10-8-5-13(11,12)4-7-6(8)2-1-3-9-7/h1-3H,4-5H2. The van der Waals surface area contributed by atoms with E-state index in [1.165, 1.54) is 6.20 Å². The lowest BCUT2D eigenvalue weighted by atomic mass is 10.1. The molecule has 0 radical (unpaired) electrons. The minimum Gasteiger partial charge on any atom is -0.293 e. The number of sulfone groups is 1. The van der Waals surface area contributed by atoms with Gasteiger partial charge in [-0.15, -0.1) is 0 Å². The first-order chi connectivity index (χ1) is 6.08. The van der Waals surface area contributed by atoms with E-state index in [0.717, 1.165) is 0 Å². The smallest absolute Gasteiger partial charge is 0.179 e. The van der Waals surface area contributed by atoms with Gasteiger partial charge in [0.1, 0.15) is 5.75 Å². The lowest BCUT2D eigenvalue weighted by Gasteiger charge is -2.12. The second kappa shape index (κ2) is 2.63. The molecule has 1 aromatic rings. The van der Waals surface area contributed by atoms with E-state index >= 15 is 0 Å². The van der Waals surface area contributed by atoms with Crippen LogP contribution in [0, 0.1) is 0 Å². The molecule has 13 heavy (non-hydrogen) atoms. The summed E-state index contributed by atoms with van der Waals surface area (Å²) in [6, 6.07) is 3.24. The number of carbonyl (C=O) groups is 1. The van der Waals surface area contributed by atoms with Gasteiger partial charge in [0.25, 0.3) is 0 Å². The van der Waals surface area contributed by atoms with E-state index in [0.29, 0.717) is 11.3 Å². The molecule has 5 heteroatoms. The molecule has 68 valence electrons. The van der Waals surface area contributed by atoms with Crippen LogP contribution in [0.2, 0.25) is 0 Å². The van der Waals surface area contributed by atoms with Gasteiger partial charge >= 0.3 is 0 Å². The third-order valence-corrected chi connectivity index (χ3v) is 3.31. The molecule has 0 saturated heterocycles. The molecule has 1 aromatic heterocycles. The third-order valence-electron chi connectivity index (χ3n) is 1.90. The van der Waals surface area contributed by atoms with Crippen molar-refractivity contribution < 1.29 is 13.2 Å². The largest absolute Gasteiger partial charge is 0.293 e. The van der Waals surface area contributed by atoms with Gasteiger partial charge in [-0.2, -0.15) is 0 Å². The molecule has 0 bridgehead atoms.